The van der Waals surface area contributed by atoms with Gasteiger partial charge < -0.3 is 20.5 Å². The topological polar surface area (TPSA) is 118 Å². The van der Waals surface area contributed by atoms with Gasteiger partial charge in [-0.1, -0.05) is 48.5 Å². The van der Waals surface area contributed by atoms with Crippen LogP contribution in [0, 0.1) is 6.92 Å². The van der Waals surface area contributed by atoms with Crippen LogP contribution < -0.4 is 10.6 Å². The number of alkyl carbamates (subject to hydrolysis) is 1. The van der Waals surface area contributed by atoms with Crippen LogP contribution in [0.15, 0.2) is 48.5 Å². The molecule has 0 saturated heterocycles. The summed E-state index contributed by atoms with van der Waals surface area (Å²) in [6.45, 7) is 5.37. The first-order valence-corrected chi connectivity index (χ1v) is 12.1. The number of benzene rings is 2. The Labute approximate surface area is 207 Å². The van der Waals surface area contributed by atoms with Gasteiger partial charge in [0.15, 0.2) is 0 Å². The highest BCUT2D eigenvalue weighted by Gasteiger charge is 2.29. The summed E-state index contributed by atoms with van der Waals surface area (Å²) in [4.78, 5) is 41.0. The van der Waals surface area contributed by atoms with E-state index in [1.54, 1.807) is 20.8 Å². The molecule has 2 amide bonds. The van der Waals surface area contributed by atoms with Gasteiger partial charge in [0, 0.05) is 16.3 Å². The van der Waals surface area contributed by atoms with Crippen molar-refractivity contribution in [2.75, 3.05) is 6.61 Å². The van der Waals surface area contributed by atoms with Gasteiger partial charge in [-0.2, -0.15) is 0 Å². The highest BCUT2D eigenvalue weighted by atomic mass is 32.1. The minimum absolute atomic E-state index is 0.0280. The predicted molar refractivity (Wildman–Crippen MR) is 133 cm³/mol. The van der Waals surface area contributed by atoms with E-state index in [9.17, 15) is 14.4 Å². The molecule has 35 heavy (non-hydrogen) atoms. The molecule has 1 aliphatic rings. The monoisotopic (exact) mass is 493 g/mol. The first-order chi connectivity index (χ1) is 16.6. The predicted octanol–water partition coefficient (Wildman–Crippen LogP) is 4.47. The fourth-order valence-electron chi connectivity index (χ4n) is 4.32. The van der Waals surface area contributed by atoms with E-state index in [-0.39, 0.29) is 31.2 Å². The number of carbonyl (C=O) groups is 3. The minimum Gasteiger partial charge on any atom is -0.481 e. The lowest BCUT2D eigenvalue weighted by atomic mass is 9.98. The molecule has 0 aliphatic heterocycles. The van der Waals surface area contributed by atoms with E-state index in [1.165, 1.54) is 11.3 Å². The normalized spacial score (nSPS) is 12.5. The largest absolute Gasteiger partial charge is 0.481 e. The number of thiazole rings is 1. The third-order valence-electron chi connectivity index (χ3n) is 5.83. The van der Waals surface area contributed by atoms with Crippen molar-refractivity contribution in [2.24, 2.45) is 0 Å². The summed E-state index contributed by atoms with van der Waals surface area (Å²) < 4.78 is 5.54. The maximum atomic E-state index is 12.6. The number of ether oxygens (including phenoxy) is 1. The zero-order valence-electron chi connectivity index (χ0n) is 19.8. The maximum absolute atomic E-state index is 12.6. The first-order valence-electron chi connectivity index (χ1n) is 11.2. The average molecular weight is 494 g/mol. The van der Waals surface area contributed by atoms with Crippen molar-refractivity contribution < 1.29 is 24.2 Å². The smallest absolute Gasteiger partial charge is 0.407 e. The molecule has 0 unspecified atom stereocenters. The van der Waals surface area contributed by atoms with Crippen molar-refractivity contribution in [3.05, 3.63) is 75.2 Å². The lowest BCUT2D eigenvalue weighted by molar-refractivity contribution is -0.138. The second-order valence-corrected chi connectivity index (χ2v) is 10.4. The SMILES string of the molecule is Cc1sc(CNC(=O)OCC2c3ccccc3-c3ccccc32)nc1C(=O)NC(C)(C)CC(=O)O. The number of aryl methyl sites for hydroxylation is 1. The molecule has 0 fully saturated rings. The first kappa shape index (κ1) is 24.4. The number of aliphatic carboxylic acids is 1. The number of hydrogen-bond acceptors (Lipinski definition) is 6. The Morgan fingerprint density at radius 2 is 1.66 bits per heavy atom. The van der Waals surface area contributed by atoms with Crippen LogP contribution in [0.2, 0.25) is 0 Å². The van der Waals surface area contributed by atoms with Gasteiger partial charge in [-0.25, -0.2) is 9.78 Å². The van der Waals surface area contributed by atoms with Crippen LogP contribution in [0.3, 0.4) is 0 Å². The van der Waals surface area contributed by atoms with E-state index in [2.05, 4.69) is 39.9 Å². The average Bonchev–Trinajstić information content (AvgIpc) is 3.33. The maximum Gasteiger partial charge on any atom is 0.407 e. The van der Waals surface area contributed by atoms with Gasteiger partial charge >= 0.3 is 12.1 Å². The van der Waals surface area contributed by atoms with Gasteiger partial charge in [0.25, 0.3) is 5.91 Å². The van der Waals surface area contributed by atoms with Crippen molar-refractivity contribution in [1.29, 1.82) is 0 Å². The van der Waals surface area contributed by atoms with Gasteiger partial charge in [0.1, 0.15) is 17.3 Å². The van der Waals surface area contributed by atoms with Crippen molar-refractivity contribution in [1.82, 2.24) is 15.6 Å². The third kappa shape index (κ3) is 5.51. The van der Waals surface area contributed by atoms with Crippen LogP contribution in [0.5, 0.6) is 0 Å². The molecule has 3 N–H and O–H groups in total. The van der Waals surface area contributed by atoms with Crippen molar-refractivity contribution in [3.63, 3.8) is 0 Å². The molecule has 1 heterocycles. The fourth-order valence-corrected chi connectivity index (χ4v) is 5.19. The van der Waals surface area contributed by atoms with Gasteiger partial charge in [0.05, 0.1) is 13.0 Å². The second-order valence-electron chi connectivity index (χ2n) is 9.10. The molecule has 0 atom stereocenters. The molecular formula is C26H27N3O5S. The van der Waals surface area contributed by atoms with Crippen molar-refractivity contribution >= 4 is 29.3 Å². The third-order valence-corrected chi connectivity index (χ3v) is 6.80. The number of carboxylic acids is 1. The lowest BCUT2D eigenvalue weighted by Gasteiger charge is -2.23. The Morgan fingerprint density at radius 3 is 2.26 bits per heavy atom. The second kappa shape index (κ2) is 9.87. The summed E-state index contributed by atoms with van der Waals surface area (Å²) in [6.07, 6.45) is -0.772. The number of nitrogens with one attached hydrogen (secondary N) is 2. The van der Waals surface area contributed by atoms with E-state index in [4.69, 9.17) is 9.84 Å². The number of nitrogens with zero attached hydrogens (tertiary/aromatic N) is 1. The molecule has 0 saturated carbocycles. The summed E-state index contributed by atoms with van der Waals surface area (Å²) >= 11 is 1.29. The number of hydrogen-bond donors (Lipinski definition) is 3. The molecule has 1 aliphatic carbocycles. The number of aromatic nitrogens is 1. The minimum atomic E-state index is -1.00. The van der Waals surface area contributed by atoms with Gasteiger partial charge in [-0.15, -0.1) is 11.3 Å². The Balaban J connectivity index is 1.34. The summed E-state index contributed by atoms with van der Waals surface area (Å²) in [5.41, 5.74) is 3.90. The van der Waals surface area contributed by atoms with Crippen LogP contribution in [-0.4, -0.2) is 40.2 Å². The molecule has 4 rings (SSSR count). The molecular weight excluding hydrogens is 466 g/mol. The molecule has 2 aromatic carbocycles. The zero-order valence-corrected chi connectivity index (χ0v) is 20.6. The van der Waals surface area contributed by atoms with Crippen LogP contribution >= 0.6 is 11.3 Å². The van der Waals surface area contributed by atoms with E-state index in [1.807, 2.05) is 24.3 Å². The summed E-state index contributed by atoms with van der Waals surface area (Å²) in [5, 5.41) is 15.0. The van der Waals surface area contributed by atoms with E-state index in [0.717, 1.165) is 22.3 Å². The molecule has 8 nitrogen and oxygen atoms in total. The highest BCUT2D eigenvalue weighted by molar-refractivity contribution is 7.11. The molecule has 0 spiro atoms. The van der Waals surface area contributed by atoms with Crippen molar-refractivity contribution in [3.8, 4) is 11.1 Å². The summed E-state index contributed by atoms with van der Waals surface area (Å²) in [7, 11) is 0. The van der Waals surface area contributed by atoms with Crippen LogP contribution in [-0.2, 0) is 16.1 Å². The van der Waals surface area contributed by atoms with Crippen molar-refractivity contribution in [2.45, 2.75) is 45.2 Å². The van der Waals surface area contributed by atoms with E-state index >= 15 is 0 Å². The number of rotatable bonds is 8. The van der Waals surface area contributed by atoms with Crippen LogP contribution in [0.1, 0.15) is 57.7 Å². The summed E-state index contributed by atoms with van der Waals surface area (Å²) in [5.74, 6) is -1.48. The van der Waals surface area contributed by atoms with Crippen LogP contribution in [0.25, 0.3) is 11.1 Å². The molecule has 0 radical (unpaired) electrons. The highest BCUT2D eigenvalue weighted by Crippen LogP contribution is 2.44. The number of carboxylic acid groups (broad SMARTS) is 1. The lowest BCUT2D eigenvalue weighted by Crippen LogP contribution is -2.45. The van der Waals surface area contributed by atoms with Gasteiger partial charge in [0.2, 0.25) is 0 Å². The Bertz CT molecular complexity index is 1240. The fraction of sp³-hybridized carbons (Fsp3) is 0.308. The van der Waals surface area contributed by atoms with Gasteiger partial charge in [-0.05, 0) is 43.0 Å². The molecule has 3 aromatic rings. The quantitative estimate of drug-likeness (QED) is 0.426. The Morgan fingerprint density at radius 1 is 1.06 bits per heavy atom. The number of amides is 2. The standard InChI is InChI=1S/C26H27N3O5S/c1-15-23(24(32)29-26(2,3)12-22(30)31)28-21(35-15)13-27-25(33)34-14-20-18-10-6-4-8-16(18)17-9-5-7-11-19(17)20/h4-11,20H,12-14H2,1-3H3,(H,27,33)(H,29,32)(H,30,31). The number of fused-ring (bicyclic) bond motifs is 3. The number of carbonyl (C=O) groups excluding carboxylic acids is 2. The van der Waals surface area contributed by atoms with Crippen LogP contribution in [0.4, 0.5) is 4.79 Å². The molecule has 9 heteroatoms. The Kier molecular flexibility index (Phi) is 6.88. The van der Waals surface area contributed by atoms with E-state index < -0.39 is 23.5 Å². The molecule has 182 valence electrons. The molecule has 1 aromatic heterocycles. The summed E-state index contributed by atoms with van der Waals surface area (Å²) in [6, 6.07) is 16.3. The van der Waals surface area contributed by atoms with Gasteiger partial charge in [-0.3, -0.25) is 9.59 Å². The molecule has 0 bridgehead atoms. The van der Waals surface area contributed by atoms with E-state index in [0.29, 0.717) is 9.88 Å². The Hall–Kier alpha value is -3.72. The zero-order chi connectivity index (χ0) is 25.2.